The number of aryl methyl sites for hydroxylation is 1. The van der Waals surface area contributed by atoms with Crippen LogP contribution in [0.15, 0.2) is 59.8 Å². The Balaban J connectivity index is 1.76. The van der Waals surface area contributed by atoms with E-state index >= 15 is 0 Å². The second-order valence-electron chi connectivity index (χ2n) is 6.39. The molecular weight excluding hydrogens is 364 g/mol. The number of allylic oxidation sites excluding steroid dienone is 1. The Hall–Kier alpha value is -3.19. The average Bonchev–Trinajstić information content (AvgIpc) is 3.10. The van der Waals surface area contributed by atoms with Gasteiger partial charge in [0.2, 0.25) is 5.95 Å². The molecule has 2 N–H and O–H groups in total. The topological polar surface area (TPSA) is 84.7 Å². The van der Waals surface area contributed by atoms with Crippen LogP contribution in [0.5, 0.6) is 0 Å². The lowest BCUT2D eigenvalue weighted by Crippen LogP contribution is -2.31. The standard InChI is InChI=1S/C19H17ClN6O/c1-11-6-8-15(9-7-11)22-18(27)16-12(2)21-19-23-24-25-26(19)17(16)13-4-3-5-14(20)10-13/h3-10,17H,1-2H3,(H,22,27)(H,21,23,25). The smallest absolute Gasteiger partial charge is 0.255 e. The maximum absolute atomic E-state index is 13.1. The van der Waals surface area contributed by atoms with Gasteiger partial charge in [-0.05, 0) is 54.1 Å². The van der Waals surface area contributed by atoms with E-state index in [1.807, 2.05) is 56.3 Å². The summed E-state index contributed by atoms with van der Waals surface area (Å²) < 4.78 is 1.59. The summed E-state index contributed by atoms with van der Waals surface area (Å²) in [6.07, 6.45) is 0. The van der Waals surface area contributed by atoms with Crippen molar-refractivity contribution in [1.82, 2.24) is 20.2 Å². The highest BCUT2D eigenvalue weighted by molar-refractivity contribution is 6.30. The minimum Gasteiger partial charge on any atom is -0.326 e. The first-order valence-electron chi connectivity index (χ1n) is 8.42. The molecule has 8 heteroatoms. The third-order valence-corrected chi connectivity index (χ3v) is 4.67. The van der Waals surface area contributed by atoms with Gasteiger partial charge in [-0.15, -0.1) is 0 Å². The number of nitrogens with one attached hydrogen (secondary N) is 2. The fourth-order valence-electron chi connectivity index (χ4n) is 3.13. The molecule has 1 aliphatic heterocycles. The van der Waals surface area contributed by atoms with Gasteiger partial charge in [0.25, 0.3) is 5.91 Å². The average molecular weight is 381 g/mol. The van der Waals surface area contributed by atoms with Gasteiger partial charge in [0.1, 0.15) is 6.04 Å². The first kappa shape index (κ1) is 17.2. The Morgan fingerprint density at radius 3 is 2.70 bits per heavy atom. The molecular formula is C19H17ClN6O. The number of anilines is 2. The van der Waals surface area contributed by atoms with Crippen LogP contribution in [0.25, 0.3) is 0 Å². The first-order chi connectivity index (χ1) is 13.0. The highest BCUT2D eigenvalue weighted by Gasteiger charge is 2.34. The van der Waals surface area contributed by atoms with E-state index in [9.17, 15) is 4.79 Å². The predicted molar refractivity (Wildman–Crippen MR) is 104 cm³/mol. The molecule has 1 amide bonds. The van der Waals surface area contributed by atoms with Crippen LogP contribution in [-0.4, -0.2) is 26.1 Å². The number of aromatic nitrogens is 4. The molecule has 0 fully saturated rings. The zero-order chi connectivity index (χ0) is 19.0. The van der Waals surface area contributed by atoms with E-state index in [1.165, 1.54) is 0 Å². The molecule has 0 bridgehead atoms. The number of tetrazole rings is 1. The van der Waals surface area contributed by atoms with Gasteiger partial charge >= 0.3 is 0 Å². The molecule has 2 heterocycles. The summed E-state index contributed by atoms with van der Waals surface area (Å²) in [7, 11) is 0. The van der Waals surface area contributed by atoms with Crippen molar-refractivity contribution < 1.29 is 4.79 Å². The highest BCUT2D eigenvalue weighted by atomic mass is 35.5. The summed E-state index contributed by atoms with van der Waals surface area (Å²) in [4.78, 5) is 13.1. The molecule has 0 saturated carbocycles. The Kier molecular flexibility index (Phi) is 4.37. The Morgan fingerprint density at radius 2 is 1.96 bits per heavy atom. The number of fused-ring (bicyclic) bond motifs is 1. The molecule has 7 nitrogen and oxygen atoms in total. The van der Waals surface area contributed by atoms with Gasteiger partial charge in [0.15, 0.2) is 0 Å². The lowest BCUT2D eigenvalue weighted by Gasteiger charge is -2.28. The molecule has 0 radical (unpaired) electrons. The van der Waals surface area contributed by atoms with E-state index in [2.05, 4.69) is 26.2 Å². The third kappa shape index (κ3) is 3.29. The van der Waals surface area contributed by atoms with Crippen LogP contribution in [-0.2, 0) is 4.79 Å². The van der Waals surface area contributed by atoms with E-state index in [4.69, 9.17) is 11.6 Å². The number of rotatable bonds is 3. The summed E-state index contributed by atoms with van der Waals surface area (Å²) in [6, 6.07) is 14.5. The SMILES string of the molecule is CC1=C(C(=O)Nc2ccc(C)cc2)C(c2cccc(Cl)c2)n2nnnc2N1. The maximum Gasteiger partial charge on any atom is 0.255 e. The quantitative estimate of drug-likeness (QED) is 0.725. The molecule has 1 aromatic heterocycles. The molecule has 4 rings (SSSR count). The van der Waals surface area contributed by atoms with Crippen molar-refractivity contribution in [2.45, 2.75) is 19.9 Å². The molecule has 1 atom stereocenters. The minimum absolute atomic E-state index is 0.227. The summed E-state index contributed by atoms with van der Waals surface area (Å²) in [5.74, 6) is 0.249. The minimum atomic E-state index is -0.486. The molecule has 136 valence electrons. The van der Waals surface area contributed by atoms with Gasteiger partial charge in [0.05, 0.1) is 5.57 Å². The normalized spacial score (nSPS) is 15.9. The summed E-state index contributed by atoms with van der Waals surface area (Å²) in [6.45, 7) is 3.83. The fraction of sp³-hybridized carbons (Fsp3) is 0.158. The van der Waals surface area contributed by atoms with Crippen molar-refractivity contribution in [2.75, 3.05) is 10.6 Å². The van der Waals surface area contributed by atoms with Crippen molar-refractivity contribution in [3.8, 4) is 0 Å². The molecule has 27 heavy (non-hydrogen) atoms. The van der Waals surface area contributed by atoms with Crippen LogP contribution in [0.2, 0.25) is 5.02 Å². The fourth-order valence-corrected chi connectivity index (χ4v) is 3.33. The van der Waals surface area contributed by atoms with Gasteiger partial charge in [-0.3, -0.25) is 4.79 Å². The van der Waals surface area contributed by atoms with Crippen LogP contribution in [0, 0.1) is 6.92 Å². The molecule has 0 saturated heterocycles. The predicted octanol–water partition coefficient (Wildman–Crippen LogP) is 3.56. The van der Waals surface area contributed by atoms with Crippen molar-refractivity contribution in [2.24, 2.45) is 0 Å². The number of benzene rings is 2. The van der Waals surface area contributed by atoms with E-state index in [1.54, 1.807) is 10.7 Å². The summed E-state index contributed by atoms with van der Waals surface area (Å²) in [5, 5.41) is 18.4. The largest absolute Gasteiger partial charge is 0.326 e. The Labute approximate surface area is 161 Å². The number of hydrogen-bond donors (Lipinski definition) is 2. The van der Waals surface area contributed by atoms with Crippen molar-refractivity contribution in [3.63, 3.8) is 0 Å². The second-order valence-corrected chi connectivity index (χ2v) is 6.82. The zero-order valence-electron chi connectivity index (χ0n) is 14.8. The Bertz CT molecular complexity index is 1040. The highest BCUT2D eigenvalue weighted by Crippen LogP contribution is 2.35. The molecule has 1 unspecified atom stereocenters. The van der Waals surface area contributed by atoms with Crippen LogP contribution in [0.3, 0.4) is 0 Å². The summed E-state index contributed by atoms with van der Waals surface area (Å²) >= 11 is 6.18. The van der Waals surface area contributed by atoms with Gasteiger partial charge in [-0.1, -0.05) is 46.5 Å². The van der Waals surface area contributed by atoms with Crippen molar-refractivity contribution >= 4 is 29.1 Å². The van der Waals surface area contributed by atoms with Crippen molar-refractivity contribution in [3.05, 3.63) is 76.0 Å². The number of nitrogens with zero attached hydrogens (tertiary/aromatic N) is 4. The van der Waals surface area contributed by atoms with E-state index in [0.717, 1.165) is 16.8 Å². The molecule has 2 aromatic carbocycles. The van der Waals surface area contributed by atoms with Gasteiger partial charge in [-0.25, -0.2) is 0 Å². The van der Waals surface area contributed by atoms with E-state index in [-0.39, 0.29) is 5.91 Å². The van der Waals surface area contributed by atoms with Gasteiger partial charge < -0.3 is 10.6 Å². The molecule has 0 spiro atoms. The number of amides is 1. The van der Waals surface area contributed by atoms with Crippen LogP contribution in [0.4, 0.5) is 11.6 Å². The van der Waals surface area contributed by atoms with E-state index < -0.39 is 6.04 Å². The lowest BCUT2D eigenvalue weighted by atomic mass is 9.95. The monoisotopic (exact) mass is 380 g/mol. The number of carbonyl (C=O) groups excluding carboxylic acids is 1. The van der Waals surface area contributed by atoms with Crippen LogP contribution >= 0.6 is 11.6 Å². The van der Waals surface area contributed by atoms with E-state index in [0.29, 0.717) is 22.2 Å². The number of carbonyl (C=O) groups is 1. The number of halogens is 1. The van der Waals surface area contributed by atoms with Gasteiger partial charge in [-0.2, -0.15) is 4.68 Å². The maximum atomic E-state index is 13.1. The zero-order valence-corrected chi connectivity index (χ0v) is 15.5. The van der Waals surface area contributed by atoms with Crippen LogP contribution in [0.1, 0.15) is 24.1 Å². The molecule has 0 aliphatic carbocycles. The summed E-state index contributed by atoms with van der Waals surface area (Å²) in [5.41, 5.74) is 3.88. The number of hydrogen-bond acceptors (Lipinski definition) is 5. The van der Waals surface area contributed by atoms with Gasteiger partial charge in [0, 0.05) is 16.4 Å². The molecule has 3 aromatic rings. The van der Waals surface area contributed by atoms with Crippen LogP contribution < -0.4 is 10.6 Å². The lowest BCUT2D eigenvalue weighted by molar-refractivity contribution is -0.113. The van der Waals surface area contributed by atoms with Crippen molar-refractivity contribution in [1.29, 1.82) is 0 Å². The second kappa shape index (κ2) is 6.85. The Morgan fingerprint density at radius 1 is 1.19 bits per heavy atom. The first-order valence-corrected chi connectivity index (χ1v) is 8.80. The third-order valence-electron chi connectivity index (χ3n) is 4.43. The molecule has 1 aliphatic rings.